The summed E-state index contributed by atoms with van der Waals surface area (Å²) in [6.45, 7) is 5.63. The van der Waals surface area contributed by atoms with Gasteiger partial charge in [0.15, 0.2) is 6.10 Å². The molecule has 0 aromatic heterocycles. The van der Waals surface area contributed by atoms with Crippen LogP contribution in [0, 0.1) is 5.92 Å². The maximum absolute atomic E-state index is 12.4. The van der Waals surface area contributed by atoms with Gasteiger partial charge in [-0.25, -0.2) is 4.57 Å². The van der Waals surface area contributed by atoms with Crippen molar-refractivity contribution in [3.8, 4) is 0 Å². The Morgan fingerprint density at radius 3 is 1.85 bits per heavy atom. The minimum atomic E-state index is -4.80. The van der Waals surface area contributed by atoms with Gasteiger partial charge in [0.2, 0.25) is 0 Å². The molecular formula is C42H71O10P. The number of aliphatic hydroxyl groups is 2. The zero-order chi connectivity index (χ0) is 39.4. The van der Waals surface area contributed by atoms with E-state index in [1.165, 1.54) is 51.4 Å². The minimum Gasteiger partial charge on any atom is -0.462 e. The summed E-state index contributed by atoms with van der Waals surface area (Å²) in [5.41, 5.74) is 0. The van der Waals surface area contributed by atoms with Crippen molar-refractivity contribution in [2.24, 2.45) is 5.92 Å². The molecule has 10 nitrogen and oxygen atoms in total. The van der Waals surface area contributed by atoms with E-state index in [0.29, 0.717) is 32.1 Å². The van der Waals surface area contributed by atoms with Gasteiger partial charge >= 0.3 is 19.8 Å². The first kappa shape index (κ1) is 50.4. The lowest BCUT2D eigenvalue weighted by atomic mass is 10.0. The topological polar surface area (TPSA) is 160 Å². The summed E-state index contributed by atoms with van der Waals surface area (Å²) in [5, 5.41) is 19.9. The van der Waals surface area contributed by atoms with Crippen LogP contribution in [0.15, 0.2) is 72.9 Å². The molecule has 0 radical (unpaired) electrons. The van der Waals surface area contributed by atoms with Crippen LogP contribution in [0.3, 0.4) is 0 Å². The van der Waals surface area contributed by atoms with Crippen LogP contribution in [0.25, 0.3) is 0 Å². The fourth-order valence-corrected chi connectivity index (χ4v) is 5.48. The number of allylic oxidation sites excluding steroid dienone is 8. The molecule has 0 bridgehead atoms. The first-order valence-corrected chi connectivity index (χ1v) is 21.4. The van der Waals surface area contributed by atoms with Crippen LogP contribution in [0.5, 0.6) is 0 Å². The van der Waals surface area contributed by atoms with Crippen molar-refractivity contribution in [3.05, 3.63) is 72.9 Å². The largest absolute Gasteiger partial charge is 0.469 e. The van der Waals surface area contributed by atoms with E-state index in [0.717, 1.165) is 31.6 Å². The van der Waals surface area contributed by atoms with Crippen LogP contribution in [0.2, 0.25) is 0 Å². The number of phosphoric ester groups is 1. The van der Waals surface area contributed by atoms with Crippen molar-refractivity contribution in [2.45, 2.75) is 161 Å². The van der Waals surface area contributed by atoms with Crippen molar-refractivity contribution in [1.29, 1.82) is 0 Å². The van der Waals surface area contributed by atoms with E-state index in [-0.39, 0.29) is 19.4 Å². The third kappa shape index (κ3) is 38.9. The van der Waals surface area contributed by atoms with Crippen molar-refractivity contribution in [2.75, 3.05) is 13.2 Å². The number of rotatable bonds is 34. The second-order valence-electron chi connectivity index (χ2n) is 13.8. The average molecular weight is 767 g/mol. The maximum atomic E-state index is 12.4. The molecule has 304 valence electrons. The summed E-state index contributed by atoms with van der Waals surface area (Å²) < 4.78 is 26.2. The van der Waals surface area contributed by atoms with E-state index in [2.05, 4.69) is 25.3 Å². The number of hydrogen-bond donors (Lipinski definition) is 4. The number of esters is 2. The van der Waals surface area contributed by atoms with Gasteiger partial charge in [-0.3, -0.25) is 14.1 Å². The van der Waals surface area contributed by atoms with Gasteiger partial charge in [-0.2, -0.15) is 0 Å². The van der Waals surface area contributed by atoms with Crippen LogP contribution >= 0.6 is 7.82 Å². The molecule has 53 heavy (non-hydrogen) atoms. The van der Waals surface area contributed by atoms with Gasteiger partial charge in [0, 0.05) is 12.8 Å². The Balaban J connectivity index is 4.23. The van der Waals surface area contributed by atoms with Crippen LogP contribution in [0.4, 0.5) is 0 Å². The summed E-state index contributed by atoms with van der Waals surface area (Å²) in [7, 11) is -4.80. The molecule has 0 heterocycles. The fraction of sp³-hybridized carbons (Fsp3) is 0.667. The molecule has 3 atom stereocenters. The summed E-state index contributed by atoms with van der Waals surface area (Å²) in [5.74, 6) is -0.281. The Labute approximate surface area is 320 Å². The lowest BCUT2D eigenvalue weighted by molar-refractivity contribution is -0.161. The first-order chi connectivity index (χ1) is 25.4. The van der Waals surface area contributed by atoms with Crippen LogP contribution in [0.1, 0.15) is 143 Å². The number of hydrogen-bond acceptors (Lipinski definition) is 8. The maximum Gasteiger partial charge on any atom is 0.469 e. The zero-order valence-electron chi connectivity index (χ0n) is 32.8. The molecule has 0 spiro atoms. The lowest BCUT2D eigenvalue weighted by Gasteiger charge is -2.18. The third-order valence-corrected chi connectivity index (χ3v) is 8.58. The molecule has 0 aliphatic carbocycles. The van der Waals surface area contributed by atoms with Gasteiger partial charge in [-0.1, -0.05) is 164 Å². The molecule has 0 saturated carbocycles. The van der Waals surface area contributed by atoms with E-state index in [9.17, 15) is 24.4 Å². The van der Waals surface area contributed by atoms with Crippen LogP contribution in [-0.4, -0.2) is 63.5 Å². The molecule has 0 amide bonds. The van der Waals surface area contributed by atoms with E-state index in [4.69, 9.17) is 19.3 Å². The van der Waals surface area contributed by atoms with Gasteiger partial charge in [0.05, 0.1) is 18.8 Å². The van der Waals surface area contributed by atoms with Gasteiger partial charge in [-0.05, 0) is 44.4 Å². The second-order valence-corrected chi connectivity index (χ2v) is 15.0. The molecule has 4 N–H and O–H groups in total. The SMILES string of the molecule is CC/C=C\C[C@@H](O)/C=C/C=C\C/C=C\C=C\[C@@H](O)/C=C\CCCC(=O)OC[C@H](COP(=O)(O)O)OC(=O)CCCCCCCCCCCCCC(C)C. The van der Waals surface area contributed by atoms with Gasteiger partial charge in [0.1, 0.15) is 6.61 Å². The van der Waals surface area contributed by atoms with Crippen molar-refractivity contribution in [1.82, 2.24) is 0 Å². The molecule has 0 fully saturated rings. The molecule has 0 aromatic carbocycles. The van der Waals surface area contributed by atoms with Crippen molar-refractivity contribution >= 4 is 19.8 Å². The summed E-state index contributed by atoms with van der Waals surface area (Å²) in [4.78, 5) is 42.8. The molecule has 0 saturated heterocycles. The normalized spacial score (nSPS) is 14.6. The molecule has 0 aliphatic rings. The standard InChI is InChI=1S/C42H71O10P/c1-4-5-21-29-38(43)30-23-17-13-11-14-18-24-31-39(44)32-25-20-27-33-41(45)50-35-40(36-51-53(47,48)49)52-42(46)34-26-19-15-10-8-6-7-9-12-16-22-28-37(2)3/h5,13-14,17-18,21,23-25,30-32,37-40,43-44H,4,6-12,15-16,19-20,22,26-29,33-36H2,1-3H3,(H2,47,48,49)/b17-13-,18-14-,21-5-,30-23+,31-24+,32-25-/t38-,39-,40-/m1/s1. The molecule has 0 unspecified atom stereocenters. The minimum absolute atomic E-state index is 0.0783. The van der Waals surface area contributed by atoms with Crippen LogP contribution in [-0.2, 0) is 28.2 Å². The third-order valence-electron chi connectivity index (χ3n) is 8.09. The average Bonchev–Trinajstić information content (AvgIpc) is 3.10. The number of aliphatic hydroxyl groups excluding tert-OH is 2. The van der Waals surface area contributed by atoms with E-state index >= 15 is 0 Å². The molecule has 0 rings (SSSR count). The Morgan fingerprint density at radius 2 is 1.25 bits per heavy atom. The van der Waals surface area contributed by atoms with Gasteiger partial charge in [-0.15, -0.1) is 0 Å². The van der Waals surface area contributed by atoms with Crippen LogP contribution < -0.4 is 0 Å². The number of carbonyl (C=O) groups is 2. The van der Waals surface area contributed by atoms with E-state index in [1.54, 1.807) is 30.4 Å². The van der Waals surface area contributed by atoms with Gasteiger partial charge in [0.25, 0.3) is 0 Å². The quantitative estimate of drug-likeness (QED) is 0.0163. The highest BCUT2D eigenvalue weighted by atomic mass is 31.2. The highest BCUT2D eigenvalue weighted by molar-refractivity contribution is 7.46. The highest BCUT2D eigenvalue weighted by Gasteiger charge is 2.22. The Bertz CT molecular complexity index is 1130. The monoisotopic (exact) mass is 766 g/mol. The number of ether oxygens (including phenoxy) is 2. The smallest absolute Gasteiger partial charge is 0.462 e. The summed E-state index contributed by atoms with van der Waals surface area (Å²) in [6, 6.07) is 0. The fourth-order valence-electron chi connectivity index (χ4n) is 5.12. The molecule has 0 aromatic rings. The first-order valence-electron chi connectivity index (χ1n) is 19.8. The van der Waals surface area contributed by atoms with E-state index in [1.807, 2.05) is 42.5 Å². The molecular weight excluding hydrogens is 695 g/mol. The molecule has 11 heteroatoms. The molecule has 0 aliphatic heterocycles. The Hall–Kier alpha value is -2.59. The summed E-state index contributed by atoms with van der Waals surface area (Å²) >= 11 is 0. The Morgan fingerprint density at radius 1 is 0.660 bits per heavy atom. The van der Waals surface area contributed by atoms with Gasteiger partial charge < -0.3 is 29.5 Å². The number of unbranched alkanes of at least 4 members (excludes halogenated alkanes) is 11. The second kappa shape index (κ2) is 35.1. The van der Waals surface area contributed by atoms with E-state index < -0.39 is 44.7 Å². The number of carbonyl (C=O) groups excluding carboxylic acids is 2. The van der Waals surface area contributed by atoms with Crippen molar-refractivity contribution in [3.63, 3.8) is 0 Å². The highest BCUT2D eigenvalue weighted by Crippen LogP contribution is 2.36. The Kier molecular flexibility index (Phi) is 33.4. The lowest BCUT2D eigenvalue weighted by Crippen LogP contribution is -2.29. The predicted octanol–water partition coefficient (Wildman–Crippen LogP) is 9.70. The predicted molar refractivity (Wildman–Crippen MR) is 214 cm³/mol. The number of phosphoric acid groups is 1. The zero-order valence-corrected chi connectivity index (χ0v) is 33.7. The van der Waals surface area contributed by atoms with Crippen molar-refractivity contribution < 1.29 is 48.2 Å². The summed E-state index contributed by atoms with van der Waals surface area (Å²) in [6.07, 6.45) is 37.1.